The molecular weight excluding hydrogens is 365 g/mol. The predicted molar refractivity (Wildman–Crippen MR) is 106 cm³/mol. The lowest BCUT2D eigenvalue weighted by Crippen LogP contribution is -2.58. The normalized spacial score (nSPS) is 22.1. The zero-order valence-corrected chi connectivity index (χ0v) is 16.6. The SMILES string of the molecule is CN(C)c1ccc2c(c1)C(C)(C)C1(C=Cc3cc(C(F)(F)F)ccc3O1)N2C. The van der Waals surface area contributed by atoms with Crippen LogP contribution in [0.3, 0.4) is 0 Å². The van der Waals surface area contributed by atoms with Crippen molar-refractivity contribution in [1.29, 1.82) is 0 Å². The van der Waals surface area contributed by atoms with E-state index in [1.165, 1.54) is 6.07 Å². The van der Waals surface area contributed by atoms with Crippen molar-refractivity contribution in [3.05, 3.63) is 59.2 Å². The molecule has 0 bridgehead atoms. The van der Waals surface area contributed by atoms with Crippen LogP contribution in [0.1, 0.15) is 30.5 Å². The van der Waals surface area contributed by atoms with Crippen LogP contribution in [-0.2, 0) is 11.6 Å². The maximum atomic E-state index is 13.0. The summed E-state index contributed by atoms with van der Waals surface area (Å²) < 4.78 is 45.5. The molecule has 2 aromatic rings. The maximum Gasteiger partial charge on any atom is 0.416 e. The molecule has 2 aromatic carbocycles. The van der Waals surface area contributed by atoms with Gasteiger partial charge < -0.3 is 14.5 Å². The molecule has 6 heteroatoms. The third-order valence-electron chi connectivity index (χ3n) is 6.02. The fraction of sp³-hybridized carbons (Fsp3) is 0.364. The number of anilines is 2. The van der Waals surface area contributed by atoms with E-state index in [-0.39, 0.29) is 0 Å². The van der Waals surface area contributed by atoms with Gasteiger partial charge in [-0.1, -0.05) is 0 Å². The summed E-state index contributed by atoms with van der Waals surface area (Å²) in [6.07, 6.45) is -0.754. The molecule has 0 N–H and O–H groups in total. The second-order valence-electron chi connectivity index (χ2n) is 8.16. The summed E-state index contributed by atoms with van der Waals surface area (Å²) in [5.74, 6) is 0.455. The summed E-state index contributed by atoms with van der Waals surface area (Å²) in [7, 11) is 5.95. The van der Waals surface area contributed by atoms with E-state index < -0.39 is 22.9 Å². The average Bonchev–Trinajstić information content (AvgIpc) is 2.79. The van der Waals surface area contributed by atoms with Gasteiger partial charge >= 0.3 is 6.18 Å². The molecule has 28 heavy (non-hydrogen) atoms. The molecule has 2 heterocycles. The van der Waals surface area contributed by atoms with E-state index in [9.17, 15) is 13.2 Å². The van der Waals surface area contributed by atoms with E-state index in [0.29, 0.717) is 11.3 Å². The zero-order chi connectivity index (χ0) is 20.5. The van der Waals surface area contributed by atoms with Gasteiger partial charge in [0.05, 0.1) is 11.0 Å². The first-order valence-corrected chi connectivity index (χ1v) is 9.12. The minimum atomic E-state index is -4.37. The largest absolute Gasteiger partial charge is 0.463 e. The Hall–Kier alpha value is -2.63. The molecule has 0 amide bonds. The van der Waals surface area contributed by atoms with Crippen LogP contribution >= 0.6 is 0 Å². The molecule has 0 saturated heterocycles. The topological polar surface area (TPSA) is 15.7 Å². The Morgan fingerprint density at radius 2 is 1.75 bits per heavy atom. The Morgan fingerprint density at radius 1 is 1.04 bits per heavy atom. The van der Waals surface area contributed by atoms with Crippen LogP contribution in [0.5, 0.6) is 5.75 Å². The third-order valence-corrected chi connectivity index (χ3v) is 6.02. The smallest absolute Gasteiger partial charge is 0.416 e. The standard InChI is InChI=1S/C22H23F3N2O/c1-20(2)17-13-16(26(3)4)7-8-18(17)27(5)21(20)11-10-14-12-15(22(23,24)25)6-9-19(14)28-21/h6-13H,1-5H3. The Morgan fingerprint density at radius 3 is 2.39 bits per heavy atom. The highest BCUT2D eigenvalue weighted by Crippen LogP contribution is 2.55. The van der Waals surface area contributed by atoms with E-state index in [0.717, 1.165) is 29.1 Å². The number of alkyl halides is 3. The van der Waals surface area contributed by atoms with Crippen molar-refractivity contribution in [2.45, 2.75) is 31.2 Å². The number of ether oxygens (including phenoxy) is 1. The van der Waals surface area contributed by atoms with Crippen molar-refractivity contribution < 1.29 is 17.9 Å². The summed E-state index contributed by atoms with van der Waals surface area (Å²) in [6, 6.07) is 9.91. The Labute approximate surface area is 163 Å². The Balaban J connectivity index is 1.81. The second kappa shape index (κ2) is 5.69. The molecule has 1 atom stereocenters. The second-order valence-corrected chi connectivity index (χ2v) is 8.16. The van der Waals surface area contributed by atoms with Crippen LogP contribution in [0.4, 0.5) is 24.5 Å². The van der Waals surface area contributed by atoms with Crippen molar-refractivity contribution >= 4 is 17.5 Å². The van der Waals surface area contributed by atoms with Crippen LogP contribution in [0.15, 0.2) is 42.5 Å². The number of hydrogen-bond acceptors (Lipinski definition) is 3. The van der Waals surface area contributed by atoms with Crippen LogP contribution < -0.4 is 14.5 Å². The average molecular weight is 388 g/mol. The van der Waals surface area contributed by atoms with Crippen LogP contribution in [0, 0.1) is 0 Å². The van der Waals surface area contributed by atoms with E-state index in [2.05, 4.69) is 36.9 Å². The molecule has 0 aromatic heterocycles. The number of hydrogen-bond donors (Lipinski definition) is 0. The third kappa shape index (κ3) is 2.43. The van der Waals surface area contributed by atoms with Gasteiger partial charge in [-0.3, -0.25) is 0 Å². The van der Waals surface area contributed by atoms with Crippen molar-refractivity contribution in [2.75, 3.05) is 30.9 Å². The van der Waals surface area contributed by atoms with E-state index in [4.69, 9.17) is 4.74 Å². The summed E-state index contributed by atoms with van der Waals surface area (Å²) in [4.78, 5) is 4.12. The first-order chi connectivity index (χ1) is 13.0. The van der Waals surface area contributed by atoms with Crippen molar-refractivity contribution in [3.63, 3.8) is 0 Å². The van der Waals surface area contributed by atoms with Gasteiger partial charge in [0.1, 0.15) is 5.75 Å². The highest BCUT2D eigenvalue weighted by molar-refractivity contribution is 5.74. The minimum absolute atomic E-state index is 0.417. The number of fused-ring (bicyclic) bond motifs is 2. The summed E-state index contributed by atoms with van der Waals surface area (Å²) >= 11 is 0. The quantitative estimate of drug-likeness (QED) is 0.659. The van der Waals surface area contributed by atoms with Gasteiger partial charge in [-0.25, -0.2) is 0 Å². The molecule has 0 saturated carbocycles. The van der Waals surface area contributed by atoms with Gasteiger partial charge in [0, 0.05) is 38.1 Å². The van der Waals surface area contributed by atoms with Gasteiger partial charge in [0.25, 0.3) is 0 Å². The monoisotopic (exact) mass is 388 g/mol. The van der Waals surface area contributed by atoms with E-state index in [1.54, 1.807) is 6.08 Å². The highest BCUT2D eigenvalue weighted by atomic mass is 19.4. The zero-order valence-electron chi connectivity index (χ0n) is 16.6. The molecule has 2 aliphatic heterocycles. The number of likely N-dealkylation sites (N-methyl/N-ethyl adjacent to an activating group) is 1. The minimum Gasteiger partial charge on any atom is -0.463 e. The highest BCUT2D eigenvalue weighted by Gasteiger charge is 2.57. The van der Waals surface area contributed by atoms with Crippen molar-refractivity contribution in [3.8, 4) is 5.75 Å². The molecule has 0 radical (unpaired) electrons. The first kappa shape index (κ1) is 18.7. The lowest BCUT2D eigenvalue weighted by Gasteiger charge is -2.45. The Bertz CT molecular complexity index is 978. The molecule has 2 aliphatic rings. The molecule has 148 valence electrons. The van der Waals surface area contributed by atoms with E-state index >= 15 is 0 Å². The summed E-state index contributed by atoms with van der Waals surface area (Å²) in [6.45, 7) is 4.21. The number of rotatable bonds is 1. The van der Waals surface area contributed by atoms with Crippen LogP contribution in [-0.4, -0.2) is 26.9 Å². The fourth-order valence-corrected chi connectivity index (χ4v) is 4.25. The van der Waals surface area contributed by atoms with Crippen LogP contribution in [0.2, 0.25) is 0 Å². The number of benzene rings is 2. The summed E-state index contributed by atoms with van der Waals surface area (Å²) in [5.41, 5.74) is 1.82. The predicted octanol–water partition coefficient (Wildman–Crippen LogP) is 5.30. The summed E-state index contributed by atoms with van der Waals surface area (Å²) in [5, 5.41) is 0. The van der Waals surface area contributed by atoms with Crippen molar-refractivity contribution in [1.82, 2.24) is 0 Å². The Kier molecular flexibility index (Phi) is 3.80. The molecule has 1 spiro atoms. The lowest BCUT2D eigenvalue weighted by molar-refractivity contribution is -0.137. The number of halogens is 3. The molecule has 1 unspecified atom stereocenters. The van der Waals surface area contributed by atoms with E-state index in [1.807, 2.05) is 32.1 Å². The molecule has 0 fully saturated rings. The lowest BCUT2D eigenvalue weighted by atomic mass is 9.76. The van der Waals surface area contributed by atoms with Gasteiger partial charge in [0.15, 0.2) is 0 Å². The molecular formula is C22H23F3N2O. The van der Waals surface area contributed by atoms with Crippen LogP contribution in [0.25, 0.3) is 6.08 Å². The van der Waals surface area contributed by atoms with Gasteiger partial charge in [0.2, 0.25) is 5.72 Å². The van der Waals surface area contributed by atoms with Gasteiger partial charge in [-0.05, 0) is 68.0 Å². The molecule has 4 rings (SSSR count). The van der Waals surface area contributed by atoms with Gasteiger partial charge in [-0.15, -0.1) is 0 Å². The maximum absolute atomic E-state index is 13.0. The fourth-order valence-electron chi connectivity index (χ4n) is 4.25. The van der Waals surface area contributed by atoms with Gasteiger partial charge in [-0.2, -0.15) is 13.2 Å². The molecule has 0 aliphatic carbocycles. The van der Waals surface area contributed by atoms with Crippen molar-refractivity contribution in [2.24, 2.45) is 0 Å². The number of nitrogens with zero attached hydrogens (tertiary/aromatic N) is 2. The molecule has 3 nitrogen and oxygen atoms in total. The first-order valence-electron chi connectivity index (χ1n) is 9.12.